The second-order valence-corrected chi connectivity index (χ2v) is 8.91. The molecule has 0 unspecified atom stereocenters. The molecule has 3 aromatic heterocycles. The van der Waals surface area contributed by atoms with Crippen LogP contribution in [0, 0.1) is 18.3 Å². The molecule has 0 radical (unpaired) electrons. The molecule has 172 valence electrons. The van der Waals surface area contributed by atoms with E-state index in [-0.39, 0.29) is 17.7 Å². The summed E-state index contributed by atoms with van der Waals surface area (Å²) < 4.78 is 1.53. The van der Waals surface area contributed by atoms with Crippen LogP contribution in [0.5, 0.6) is 0 Å². The van der Waals surface area contributed by atoms with Crippen molar-refractivity contribution in [3.05, 3.63) is 105 Å². The van der Waals surface area contributed by atoms with Crippen LogP contribution in [0.3, 0.4) is 0 Å². The first kappa shape index (κ1) is 22.5. The van der Waals surface area contributed by atoms with Crippen molar-refractivity contribution >= 4 is 39.2 Å². The van der Waals surface area contributed by atoms with Gasteiger partial charge < -0.3 is 4.90 Å². The Morgan fingerprint density at radius 1 is 1.09 bits per heavy atom. The molecule has 0 saturated heterocycles. The molecule has 0 aliphatic rings. The van der Waals surface area contributed by atoms with Crippen molar-refractivity contribution in [3.8, 4) is 6.07 Å². The monoisotopic (exact) mass is 480 g/mol. The Balaban J connectivity index is 1.62. The number of anilines is 1. The highest BCUT2D eigenvalue weighted by atomic mass is 35.5. The van der Waals surface area contributed by atoms with E-state index in [2.05, 4.69) is 16.0 Å². The largest absolute Gasteiger partial charge is 0.355 e. The molecule has 0 atom stereocenters. The van der Waals surface area contributed by atoms with Gasteiger partial charge in [-0.05, 0) is 54.4 Å². The molecule has 0 fully saturated rings. The third kappa shape index (κ3) is 4.44. The minimum atomic E-state index is -0.389. The Morgan fingerprint density at radius 3 is 2.71 bits per heavy atom. The van der Waals surface area contributed by atoms with Gasteiger partial charge in [0.25, 0.3) is 5.56 Å². The molecule has 0 aliphatic heterocycles. The molecule has 0 saturated carbocycles. The van der Waals surface area contributed by atoms with Gasteiger partial charge in [0.05, 0.1) is 17.6 Å². The quantitative estimate of drug-likeness (QED) is 0.357. The number of hydrogen-bond donors (Lipinski definition) is 0. The van der Waals surface area contributed by atoms with Crippen LogP contribution in [-0.4, -0.2) is 26.6 Å². The van der Waals surface area contributed by atoms with Crippen LogP contribution < -0.4 is 10.5 Å². The van der Waals surface area contributed by atoms with Crippen molar-refractivity contribution in [3.63, 3.8) is 0 Å². The van der Waals surface area contributed by atoms with Crippen molar-refractivity contribution in [2.75, 3.05) is 11.9 Å². The summed E-state index contributed by atoms with van der Waals surface area (Å²) in [5.74, 6) is 1.23. The number of pyridine rings is 2. The lowest BCUT2D eigenvalue weighted by atomic mass is 10.1. The number of nitriles is 1. The van der Waals surface area contributed by atoms with Crippen LogP contribution >= 0.6 is 11.6 Å². The molecule has 8 heteroatoms. The summed E-state index contributed by atoms with van der Waals surface area (Å²) >= 11 is 6.16. The van der Waals surface area contributed by atoms with Crippen LogP contribution in [0.1, 0.15) is 22.5 Å². The Kier molecular flexibility index (Phi) is 5.89. The molecular weight excluding hydrogens is 460 g/mol. The zero-order valence-electron chi connectivity index (χ0n) is 19.2. The van der Waals surface area contributed by atoms with Gasteiger partial charge in [-0.3, -0.25) is 14.3 Å². The lowest BCUT2D eigenvalue weighted by molar-refractivity contribution is 0.740. The first-order chi connectivity index (χ1) is 16.9. The zero-order chi connectivity index (χ0) is 24.5. The minimum Gasteiger partial charge on any atom is -0.355 e. The van der Waals surface area contributed by atoms with E-state index in [1.54, 1.807) is 24.3 Å². The third-order valence-corrected chi connectivity index (χ3v) is 6.05. The smallest absolute Gasteiger partial charge is 0.269 e. The predicted molar refractivity (Wildman–Crippen MR) is 138 cm³/mol. The van der Waals surface area contributed by atoms with E-state index in [0.717, 1.165) is 27.8 Å². The first-order valence-corrected chi connectivity index (χ1v) is 11.4. The summed E-state index contributed by atoms with van der Waals surface area (Å²) in [5, 5.41) is 11.7. The Labute approximate surface area is 206 Å². The van der Waals surface area contributed by atoms with E-state index in [1.165, 1.54) is 4.57 Å². The molecule has 0 bridgehead atoms. The maximum atomic E-state index is 13.1. The van der Waals surface area contributed by atoms with Gasteiger partial charge in [0, 0.05) is 41.8 Å². The average molecular weight is 481 g/mol. The van der Waals surface area contributed by atoms with E-state index in [0.29, 0.717) is 28.3 Å². The number of nitrogens with zero attached hydrogens (tertiary/aromatic N) is 6. The summed E-state index contributed by atoms with van der Waals surface area (Å²) in [6.45, 7) is 2.74. The fourth-order valence-corrected chi connectivity index (χ4v) is 4.44. The van der Waals surface area contributed by atoms with Crippen LogP contribution in [0.15, 0.2) is 71.8 Å². The van der Waals surface area contributed by atoms with Crippen molar-refractivity contribution in [1.29, 1.82) is 5.26 Å². The molecule has 35 heavy (non-hydrogen) atoms. The highest BCUT2D eigenvalue weighted by molar-refractivity contribution is 6.31. The van der Waals surface area contributed by atoms with Crippen molar-refractivity contribution in [1.82, 2.24) is 19.5 Å². The number of hydrogen-bond acceptors (Lipinski definition) is 6. The summed E-state index contributed by atoms with van der Waals surface area (Å²) in [6.07, 6.45) is 3.67. The maximum absolute atomic E-state index is 13.1. The van der Waals surface area contributed by atoms with E-state index >= 15 is 0 Å². The standard InChI is InChI=1S/C27H21ClN6O/c1-17-9-18(14-30-13-17)15-33(2)26-22-5-3-4-6-23(22)31-25(32-26)16-34-24-8-7-21(28)11-19(24)10-20(12-29)27(34)35/h3-11,13-14H,15-16H2,1-2H3. The zero-order valence-corrected chi connectivity index (χ0v) is 20.0. The lowest BCUT2D eigenvalue weighted by Gasteiger charge is -2.21. The summed E-state index contributed by atoms with van der Waals surface area (Å²) in [5.41, 5.74) is 3.25. The molecule has 0 amide bonds. The molecule has 3 heterocycles. The number of benzene rings is 2. The summed E-state index contributed by atoms with van der Waals surface area (Å²) in [6, 6.07) is 18.7. The van der Waals surface area contributed by atoms with Crippen molar-refractivity contribution < 1.29 is 0 Å². The van der Waals surface area contributed by atoms with Crippen LogP contribution in [-0.2, 0) is 13.1 Å². The topological polar surface area (TPSA) is 87.7 Å². The number of aromatic nitrogens is 4. The minimum absolute atomic E-state index is 0.0462. The van der Waals surface area contributed by atoms with Gasteiger partial charge in [-0.25, -0.2) is 9.97 Å². The van der Waals surface area contributed by atoms with Crippen LogP contribution in [0.2, 0.25) is 5.02 Å². The second kappa shape index (κ2) is 9.16. The maximum Gasteiger partial charge on any atom is 0.269 e. The van der Waals surface area contributed by atoms with E-state index in [9.17, 15) is 10.1 Å². The summed E-state index contributed by atoms with van der Waals surface area (Å²) in [7, 11) is 1.97. The second-order valence-electron chi connectivity index (χ2n) is 8.47. The van der Waals surface area contributed by atoms with Gasteiger partial charge in [0.2, 0.25) is 0 Å². The predicted octanol–water partition coefficient (Wildman–Crippen LogP) is 4.86. The fourth-order valence-electron chi connectivity index (χ4n) is 4.26. The summed E-state index contributed by atoms with van der Waals surface area (Å²) in [4.78, 5) is 29.0. The number of rotatable bonds is 5. The van der Waals surface area contributed by atoms with E-state index < -0.39 is 0 Å². The van der Waals surface area contributed by atoms with Gasteiger partial charge >= 0.3 is 0 Å². The molecule has 0 aliphatic carbocycles. The molecule has 7 nitrogen and oxygen atoms in total. The van der Waals surface area contributed by atoms with Gasteiger partial charge in [0.15, 0.2) is 5.82 Å². The number of fused-ring (bicyclic) bond motifs is 2. The average Bonchev–Trinajstić information content (AvgIpc) is 2.85. The normalized spacial score (nSPS) is 11.0. The molecular formula is C27H21ClN6O. The molecule has 0 spiro atoms. The molecule has 2 aromatic carbocycles. The number of halogens is 1. The van der Waals surface area contributed by atoms with Gasteiger partial charge in [0.1, 0.15) is 17.5 Å². The van der Waals surface area contributed by atoms with Crippen molar-refractivity contribution in [2.24, 2.45) is 0 Å². The van der Waals surface area contributed by atoms with Crippen molar-refractivity contribution in [2.45, 2.75) is 20.0 Å². The van der Waals surface area contributed by atoms with Crippen LogP contribution in [0.4, 0.5) is 5.82 Å². The van der Waals surface area contributed by atoms with Gasteiger partial charge in [-0.15, -0.1) is 0 Å². The Morgan fingerprint density at radius 2 is 1.91 bits per heavy atom. The molecule has 5 rings (SSSR count). The molecule has 0 N–H and O–H groups in total. The number of para-hydroxylation sites is 1. The third-order valence-electron chi connectivity index (χ3n) is 5.82. The highest BCUT2D eigenvalue weighted by Crippen LogP contribution is 2.25. The SMILES string of the molecule is Cc1cncc(CN(C)c2nc(Cn3c(=O)c(C#N)cc4cc(Cl)ccc43)nc3ccccc23)c1. The first-order valence-electron chi connectivity index (χ1n) is 11.0. The van der Waals surface area contributed by atoms with Crippen LogP contribution in [0.25, 0.3) is 21.8 Å². The Hall–Kier alpha value is -4.28. The Bertz CT molecular complexity index is 1690. The van der Waals surface area contributed by atoms with E-state index in [1.807, 2.05) is 56.7 Å². The molecule has 5 aromatic rings. The van der Waals surface area contributed by atoms with E-state index in [4.69, 9.17) is 21.6 Å². The van der Waals surface area contributed by atoms with Gasteiger partial charge in [-0.2, -0.15) is 5.26 Å². The van der Waals surface area contributed by atoms with Gasteiger partial charge in [-0.1, -0.05) is 29.8 Å². The highest BCUT2D eigenvalue weighted by Gasteiger charge is 2.16. The lowest BCUT2D eigenvalue weighted by Crippen LogP contribution is -2.25. The number of aryl methyl sites for hydroxylation is 1. The fraction of sp³-hybridized carbons (Fsp3) is 0.148.